The summed E-state index contributed by atoms with van der Waals surface area (Å²) in [5.41, 5.74) is 7.45. The average molecular weight is 339 g/mol. The topological polar surface area (TPSA) is 70.3 Å². The van der Waals surface area contributed by atoms with Crippen LogP contribution in [0.25, 0.3) is 22.4 Å². The van der Waals surface area contributed by atoms with Crippen LogP contribution in [0.4, 0.5) is 5.82 Å². The minimum atomic E-state index is 0.517. The van der Waals surface area contributed by atoms with Crippen LogP contribution in [0.1, 0.15) is 10.6 Å². The van der Waals surface area contributed by atoms with E-state index in [1.165, 1.54) is 0 Å². The molecule has 0 aliphatic rings. The van der Waals surface area contributed by atoms with E-state index in [9.17, 15) is 0 Å². The Morgan fingerprint density at radius 2 is 1.79 bits per heavy atom. The highest BCUT2D eigenvalue weighted by Crippen LogP contribution is 2.34. The number of anilines is 1. The van der Waals surface area contributed by atoms with E-state index >= 15 is 0 Å². The molecule has 24 heavy (non-hydrogen) atoms. The molecule has 0 amide bonds. The van der Waals surface area contributed by atoms with Crippen molar-refractivity contribution in [2.24, 2.45) is 0 Å². The van der Waals surface area contributed by atoms with E-state index < -0.39 is 0 Å². The van der Waals surface area contributed by atoms with Crippen LogP contribution in [0.3, 0.4) is 0 Å². The highest BCUT2D eigenvalue weighted by atomic mass is 32.1. The summed E-state index contributed by atoms with van der Waals surface area (Å²) in [6.45, 7) is 0. The van der Waals surface area contributed by atoms with Gasteiger partial charge in [-0.2, -0.15) is 0 Å². The molecule has 0 unspecified atom stereocenters. The second-order valence-corrected chi connectivity index (χ2v) is 6.02. The number of hydrogen-bond acceptors (Lipinski definition) is 6. The normalized spacial score (nSPS) is 11.6. The van der Waals surface area contributed by atoms with Crippen LogP contribution in [-0.4, -0.2) is 24.2 Å². The van der Waals surface area contributed by atoms with E-state index in [4.69, 9.17) is 15.2 Å². The molecule has 0 bridgehead atoms. The van der Waals surface area contributed by atoms with Gasteiger partial charge in [-0.05, 0) is 23.8 Å². The number of nitrogens with zero attached hydrogens (tertiary/aromatic N) is 2. The van der Waals surface area contributed by atoms with Crippen molar-refractivity contribution in [1.82, 2.24) is 9.97 Å². The van der Waals surface area contributed by atoms with Crippen LogP contribution < -0.4 is 15.2 Å². The molecule has 0 radical (unpaired) electrons. The van der Waals surface area contributed by atoms with Crippen LogP contribution in [0, 0.1) is 0 Å². The van der Waals surface area contributed by atoms with Gasteiger partial charge in [0, 0.05) is 18.3 Å². The van der Waals surface area contributed by atoms with Crippen molar-refractivity contribution in [2.45, 2.75) is 0 Å². The van der Waals surface area contributed by atoms with Gasteiger partial charge in [-0.1, -0.05) is 18.2 Å². The molecule has 1 aromatic carbocycles. The fourth-order valence-electron chi connectivity index (χ4n) is 2.16. The first-order valence-electron chi connectivity index (χ1n) is 7.28. The predicted octanol–water partition coefficient (Wildman–Crippen LogP) is 4.02. The Labute approximate surface area is 144 Å². The van der Waals surface area contributed by atoms with Crippen molar-refractivity contribution in [1.29, 1.82) is 0 Å². The van der Waals surface area contributed by atoms with Gasteiger partial charge in [0.2, 0.25) is 0 Å². The van der Waals surface area contributed by atoms with Gasteiger partial charge in [0.15, 0.2) is 11.5 Å². The second kappa shape index (κ2) is 7.14. The summed E-state index contributed by atoms with van der Waals surface area (Å²) in [4.78, 5) is 8.63. The first kappa shape index (κ1) is 16.0. The average Bonchev–Trinajstić information content (AvgIpc) is 3.00. The largest absolute Gasteiger partial charge is 0.493 e. The maximum absolute atomic E-state index is 5.56. The number of thiazole rings is 1. The number of nitrogens with two attached hydrogens (primary N) is 1. The van der Waals surface area contributed by atoms with E-state index in [0.717, 1.165) is 20.8 Å². The Balaban J connectivity index is 1.78. The van der Waals surface area contributed by atoms with Crippen LogP contribution in [0.2, 0.25) is 0 Å². The van der Waals surface area contributed by atoms with Crippen molar-refractivity contribution < 1.29 is 9.47 Å². The molecule has 3 rings (SSSR count). The molecule has 0 fully saturated rings. The number of methoxy groups -OCH3 is 2. The number of nitrogen functional groups attached to an aromatic ring is 1. The summed E-state index contributed by atoms with van der Waals surface area (Å²) in [6, 6.07) is 7.53. The van der Waals surface area contributed by atoms with Crippen molar-refractivity contribution in [3.8, 4) is 11.5 Å². The van der Waals surface area contributed by atoms with Crippen molar-refractivity contribution in [2.75, 3.05) is 20.0 Å². The first-order chi connectivity index (χ1) is 11.7. The Hall–Kier alpha value is -2.86. The lowest BCUT2D eigenvalue weighted by atomic mass is 10.2. The molecule has 5 nitrogen and oxygen atoms in total. The summed E-state index contributed by atoms with van der Waals surface area (Å²) in [5.74, 6) is 1.91. The van der Waals surface area contributed by atoms with E-state index in [-0.39, 0.29) is 0 Å². The number of rotatable bonds is 5. The highest BCUT2D eigenvalue weighted by molar-refractivity contribution is 7.19. The monoisotopic (exact) mass is 339 g/mol. The van der Waals surface area contributed by atoms with Crippen LogP contribution >= 0.6 is 11.3 Å². The van der Waals surface area contributed by atoms with E-state index in [1.54, 1.807) is 37.8 Å². The molecule has 6 heteroatoms. The van der Waals surface area contributed by atoms with Gasteiger partial charge < -0.3 is 15.2 Å². The van der Waals surface area contributed by atoms with Crippen molar-refractivity contribution in [3.63, 3.8) is 0 Å². The summed E-state index contributed by atoms with van der Waals surface area (Å²) < 4.78 is 11.7. The molecule has 0 saturated heterocycles. The smallest absolute Gasteiger partial charge is 0.162 e. The Bertz CT molecular complexity index is 858. The van der Waals surface area contributed by atoms with E-state index in [2.05, 4.69) is 9.97 Å². The third-order valence-corrected chi connectivity index (χ3v) is 4.34. The third kappa shape index (κ3) is 3.55. The number of pyridine rings is 1. The Morgan fingerprint density at radius 1 is 1.04 bits per heavy atom. The lowest BCUT2D eigenvalue weighted by molar-refractivity contribution is 0.356. The Kier molecular flexibility index (Phi) is 4.77. The number of benzene rings is 1. The number of aromatic nitrogens is 2. The molecule has 2 N–H and O–H groups in total. The van der Waals surface area contributed by atoms with Gasteiger partial charge in [0.05, 0.1) is 24.4 Å². The summed E-state index contributed by atoms with van der Waals surface area (Å²) >= 11 is 1.60. The third-order valence-electron chi connectivity index (χ3n) is 3.36. The molecule has 0 saturated carbocycles. The molecule has 0 spiro atoms. The van der Waals surface area contributed by atoms with Gasteiger partial charge in [-0.3, -0.25) is 0 Å². The molecule has 122 valence electrons. The molecule has 0 aliphatic heterocycles. The predicted molar refractivity (Wildman–Crippen MR) is 99.4 cm³/mol. The number of fused-ring (bicyclic) bond motifs is 1. The summed E-state index contributed by atoms with van der Waals surface area (Å²) in [7, 11) is 3.25. The van der Waals surface area contributed by atoms with E-state index in [1.807, 2.05) is 42.5 Å². The standard InChI is InChI=1S/C18H17N3O2S/c1-22-14-9-13-16(10-15(14)23-2)24-18(21-13)6-4-3-5-12-7-8-17(19)20-11-12/h3-11H,1-2H3,(H2,19,20). The molecular formula is C18H17N3O2S. The van der Waals surface area contributed by atoms with Gasteiger partial charge in [-0.15, -0.1) is 11.3 Å². The fraction of sp³-hybridized carbons (Fsp3) is 0.111. The van der Waals surface area contributed by atoms with Gasteiger partial charge in [0.25, 0.3) is 0 Å². The van der Waals surface area contributed by atoms with Crippen LogP contribution in [-0.2, 0) is 0 Å². The number of ether oxygens (including phenoxy) is 2. The Morgan fingerprint density at radius 3 is 2.50 bits per heavy atom. The van der Waals surface area contributed by atoms with Crippen molar-refractivity contribution in [3.05, 3.63) is 53.2 Å². The zero-order valence-corrected chi connectivity index (χ0v) is 14.2. The zero-order chi connectivity index (χ0) is 16.9. The quantitative estimate of drug-likeness (QED) is 0.711. The minimum Gasteiger partial charge on any atom is -0.493 e. The SMILES string of the molecule is COc1cc2nc(C=CC=Cc3ccc(N)nc3)sc2cc1OC. The lowest BCUT2D eigenvalue weighted by Gasteiger charge is -2.05. The lowest BCUT2D eigenvalue weighted by Crippen LogP contribution is -1.89. The van der Waals surface area contributed by atoms with Gasteiger partial charge >= 0.3 is 0 Å². The molecule has 3 aromatic rings. The highest BCUT2D eigenvalue weighted by Gasteiger charge is 2.09. The van der Waals surface area contributed by atoms with Gasteiger partial charge in [0.1, 0.15) is 10.8 Å². The van der Waals surface area contributed by atoms with Gasteiger partial charge in [-0.25, -0.2) is 9.97 Å². The first-order valence-corrected chi connectivity index (χ1v) is 8.10. The van der Waals surface area contributed by atoms with Crippen LogP contribution in [0.15, 0.2) is 42.6 Å². The summed E-state index contributed by atoms with van der Waals surface area (Å²) in [5, 5.41) is 0.917. The molecule has 0 atom stereocenters. The maximum atomic E-state index is 5.56. The number of hydrogen-bond donors (Lipinski definition) is 1. The summed E-state index contributed by atoms with van der Waals surface area (Å²) in [6.07, 6.45) is 9.55. The second-order valence-electron chi connectivity index (χ2n) is 4.96. The molecule has 0 aliphatic carbocycles. The maximum Gasteiger partial charge on any atom is 0.162 e. The fourth-order valence-corrected chi connectivity index (χ4v) is 3.06. The minimum absolute atomic E-state index is 0.517. The molecule has 2 aromatic heterocycles. The molecule has 2 heterocycles. The zero-order valence-electron chi connectivity index (χ0n) is 13.4. The number of allylic oxidation sites excluding steroid dienone is 2. The van der Waals surface area contributed by atoms with Crippen molar-refractivity contribution >= 4 is 39.5 Å². The van der Waals surface area contributed by atoms with E-state index in [0.29, 0.717) is 17.3 Å². The van der Waals surface area contributed by atoms with Crippen LogP contribution in [0.5, 0.6) is 11.5 Å². The molecular weight excluding hydrogens is 322 g/mol.